The van der Waals surface area contributed by atoms with E-state index in [4.69, 9.17) is 9.47 Å². The number of carbonyl (C=O) groups excluding carboxylic acids is 2. The largest absolute Gasteiger partial charge is 0.463 e. The van der Waals surface area contributed by atoms with Crippen molar-refractivity contribution in [1.29, 1.82) is 0 Å². The Balaban J connectivity index is 0.000000609. The first-order valence-electron chi connectivity index (χ1n) is 11.2. The summed E-state index contributed by atoms with van der Waals surface area (Å²) in [6.45, 7) is 11.5. The fraction of sp³-hybridized carbons (Fsp3) is 0.538. The summed E-state index contributed by atoms with van der Waals surface area (Å²) >= 11 is 0. The summed E-state index contributed by atoms with van der Waals surface area (Å²) in [5.41, 5.74) is 0.488. The van der Waals surface area contributed by atoms with E-state index in [0.717, 1.165) is 6.42 Å². The number of hydrogen-bond donors (Lipinski definition) is 0. The highest BCUT2D eigenvalue weighted by Crippen LogP contribution is 2.12. The van der Waals surface area contributed by atoms with E-state index < -0.39 is 5.97 Å². The highest BCUT2D eigenvalue weighted by Gasteiger charge is 2.08. The maximum atomic E-state index is 11.1. The lowest BCUT2D eigenvalue weighted by Crippen LogP contribution is -2.08. The number of esters is 2. The monoisotopic (exact) mass is 432 g/mol. The quantitative estimate of drug-likeness (QED) is 0.132. The fourth-order valence-corrected chi connectivity index (χ4v) is 2.66. The lowest BCUT2D eigenvalue weighted by Gasteiger charge is -2.05. The standard InChI is InChI=1S/C16H30O2.C10H10O3/c1-4-5-6-7-8-9-10-11-12-13-14-18-16(17)15(2)3;1-8(10(11)12-2)13-9-6-4-3-5-7-9/h2,4-14H2,1,3H3;3-7H,1H2,2H3. The molecule has 1 aromatic rings. The molecule has 0 saturated heterocycles. The first-order chi connectivity index (χ1) is 14.9. The van der Waals surface area contributed by atoms with E-state index in [1.807, 2.05) is 6.07 Å². The number of ether oxygens (including phenoxy) is 3. The second kappa shape index (κ2) is 19.4. The molecule has 1 rings (SSSR count). The predicted molar refractivity (Wildman–Crippen MR) is 126 cm³/mol. The van der Waals surface area contributed by atoms with E-state index in [9.17, 15) is 9.59 Å². The molecular weight excluding hydrogens is 392 g/mol. The summed E-state index contributed by atoms with van der Waals surface area (Å²) in [4.78, 5) is 22.0. The van der Waals surface area contributed by atoms with Crippen molar-refractivity contribution in [3.05, 3.63) is 54.8 Å². The van der Waals surface area contributed by atoms with Crippen LogP contribution in [0.4, 0.5) is 0 Å². The van der Waals surface area contributed by atoms with Crippen LogP contribution in [0.1, 0.15) is 78.1 Å². The molecule has 0 amide bonds. The maximum Gasteiger partial charge on any atom is 0.373 e. The minimum Gasteiger partial charge on any atom is -0.463 e. The van der Waals surface area contributed by atoms with Crippen molar-refractivity contribution in [3.63, 3.8) is 0 Å². The van der Waals surface area contributed by atoms with Gasteiger partial charge in [0.2, 0.25) is 5.76 Å². The lowest BCUT2D eigenvalue weighted by molar-refractivity contribution is -0.139. The molecule has 0 aliphatic rings. The van der Waals surface area contributed by atoms with Gasteiger partial charge in [-0.25, -0.2) is 9.59 Å². The lowest BCUT2D eigenvalue weighted by atomic mass is 10.1. The van der Waals surface area contributed by atoms with Gasteiger partial charge in [-0.1, -0.05) is 89.5 Å². The number of carbonyl (C=O) groups is 2. The Morgan fingerprint density at radius 2 is 1.32 bits per heavy atom. The Kier molecular flexibility index (Phi) is 17.8. The molecule has 0 atom stereocenters. The molecule has 0 spiro atoms. The van der Waals surface area contributed by atoms with E-state index in [2.05, 4.69) is 24.8 Å². The number of para-hydroxylation sites is 1. The van der Waals surface area contributed by atoms with Gasteiger partial charge in [-0.3, -0.25) is 0 Å². The Morgan fingerprint density at radius 3 is 1.81 bits per heavy atom. The van der Waals surface area contributed by atoms with Crippen LogP contribution in [-0.4, -0.2) is 25.7 Å². The highest BCUT2D eigenvalue weighted by atomic mass is 16.6. The summed E-state index contributed by atoms with van der Waals surface area (Å²) in [7, 11) is 1.28. The van der Waals surface area contributed by atoms with Crippen molar-refractivity contribution >= 4 is 11.9 Å². The minimum absolute atomic E-state index is 0.0197. The molecule has 5 heteroatoms. The van der Waals surface area contributed by atoms with Crippen LogP contribution in [0.5, 0.6) is 5.75 Å². The van der Waals surface area contributed by atoms with Crippen LogP contribution in [0, 0.1) is 0 Å². The second-order valence-corrected chi connectivity index (χ2v) is 7.43. The van der Waals surface area contributed by atoms with Gasteiger partial charge < -0.3 is 14.2 Å². The molecule has 5 nitrogen and oxygen atoms in total. The van der Waals surface area contributed by atoms with Crippen molar-refractivity contribution in [2.24, 2.45) is 0 Å². The molecule has 0 N–H and O–H groups in total. The van der Waals surface area contributed by atoms with E-state index in [1.165, 1.54) is 64.9 Å². The van der Waals surface area contributed by atoms with Gasteiger partial charge in [-0.05, 0) is 32.1 Å². The third-order valence-corrected chi connectivity index (χ3v) is 4.48. The molecule has 0 aliphatic carbocycles. The fourth-order valence-electron chi connectivity index (χ4n) is 2.66. The third kappa shape index (κ3) is 16.9. The number of methoxy groups -OCH3 is 1. The van der Waals surface area contributed by atoms with Gasteiger partial charge in [0.05, 0.1) is 13.7 Å². The predicted octanol–water partition coefficient (Wildman–Crippen LogP) is 6.78. The molecule has 0 aliphatic heterocycles. The van der Waals surface area contributed by atoms with Gasteiger partial charge in [0, 0.05) is 5.57 Å². The van der Waals surface area contributed by atoms with E-state index >= 15 is 0 Å². The van der Waals surface area contributed by atoms with Gasteiger partial charge in [0.25, 0.3) is 0 Å². The Morgan fingerprint density at radius 1 is 0.806 bits per heavy atom. The number of unbranched alkanes of at least 4 members (excludes halogenated alkanes) is 9. The first-order valence-corrected chi connectivity index (χ1v) is 11.2. The zero-order valence-corrected chi connectivity index (χ0v) is 19.6. The zero-order chi connectivity index (χ0) is 23.3. The molecular formula is C26H40O5. The summed E-state index contributed by atoms with van der Waals surface area (Å²) in [6.07, 6.45) is 13.0. The molecule has 0 fully saturated rings. The normalized spacial score (nSPS) is 9.77. The van der Waals surface area contributed by atoms with E-state index in [1.54, 1.807) is 31.2 Å². The van der Waals surface area contributed by atoms with Crippen LogP contribution >= 0.6 is 0 Å². The number of benzene rings is 1. The number of rotatable bonds is 15. The zero-order valence-electron chi connectivity index (χ0n) is 19.6. The van der Waals surface area contributed by atoms with Crippen LogP contribution in [0.3, 0.4) is 0 Å². The Bertz CT molecular complexity index is 636. The van der Waals surface area contributed by atoms with Crippen molar-refractivity contribution < 1.29 is 23.8 Å². The smallest absolute Gasteiger partial charge is 0.373 e. The van der Waals surface area contributed by atoms with Gasteiger partial charge in [-0.2, -0.15) is 0 Å². The first kappa shape index (κ1) is 28.4. The number of hydrogen-bond acceptors (Lipinski definition) is 5. The molecule has 174 valence electrons. The van der Waals surface area contributed by atoms with Crippen LogP contribution in [-0.2, 0) is 19.1 Å². The molecule has 0 radical (unpaired) electrons. The van der Waals surface area contributed by atoms with Gasteiger partial charge in [-0.15, -0.1) is 0 Å². The average molecular weight is 433 g/mol. The summed E-state index contributed by atoms with van der Waals surface area (Å²) in [6, 6.07) is 8.93. The molecule has 1 aromatic carbocycles. The van der Waals surface area contributed by atoms with Crippen LogP contribution in [0.25, 0.3) is 0 Å². The second-order valence-electron chi connectivity index (χ2n) is 7.43. The Hall–Kier alpha value is -2.56. The van der Waals surface area contributed by atoms with Crippen molar-refractivity contribution in [2.45, 2.75) is 78.1 Å². The molecule has 0 bridgehead atoms. The van der Waals surface area contributed by atoms with Gasteiger partial charge >= 0.3 is 11.9 Å². The highest BCUT2D eigenvalue weighted by molar-refractivity contribution is 5.87. The summed E-state index contributed by atoms with van der Waals surface area (Å²) < 4.78 is 14.6. The van der Waals surface area contributed by atoms with Crippen LogP contribution < -0.4 is 4.74 Å². The molecule has 0 heterocycles. The van der Waals surface area contributed by atoms with Crippen molar-refractivity contribution in [1.82, 2.24) is 0 Å². The van der Waals surface area contributed by atoms with Crippen LogP contribution in [0.2, 0.25) is 0 Å². The van der Waals surface area contributed by atoms with Gasteiger partial charge in [0.15, 0.2) is 0 Å². The summed E-state index contributed by atoms with van der Waals surface area (Å²) in [5.74, 6) is -0.277. The van der Waals surface area contributed by atoms with Gasteiger partial charge in [0.1, 0.15) is 5.75 Å². The van der Waals surface area contributed by atoms with E-state index in [-0.39, 0.29) is 11.7 Å². The SMILES string of the molecule is C=C(C)C(=O)OCCCCCCCCCCCC.C=C(Oc1ccccc1)C(=O)OC. The average Bonchev–Trinajstić information content (AvgIpc) is 2.77. The van der Waals surface area contributed by atoms with Crippen LogP contribution in [0.15, 0.2) is 54.8 Å². The minimum atomic E-state index is -0.566. The summed E-state index contributed by atoms with van der Waals surface area (Å²) in [5, 5.41) is 0. The molecule has 0 unspecified atom stereocenters. The molecule has 31 heavy (non-hydrogen) atoms. The maximum absolute atomic E-state index is 11.1. The Labute approximate surface area is 188 Å². The third-order valence-electron chi connectivity index (χ3n) is 4.48. The van der Waals surface area contributed by atoms with Crippen molar-refractivity contribution in [2.75, 3.05) is 13.7 Å². The van der Waals surface area contributed by atoms with E-state index in [0.29, 0.717) is 17.9 Å². The molecule has 0 aromatic heterocycles. The molecule has 0 saturated carbocycles. The van der Waals surface area contributed by atoms with Crippen molar-refractivity contribution in [3.8, 4) is 5.75 Å². The topological polar surface area (TPSA) is 61.8 Å².